The third-order valence-corrected chi connectivity index (χ3v) is 20.9. The van der Waals surface area contributed by atoms with Gasteiger partial charge in [0.2, 0.25) is 5.91 Å². The van der Waals surface area contributed by atoms with Crippen molar-refractivity contribution in [3.8, 4) is 0 Å². The van der Waals surface area contributed by atoms with E-state index in [2.05, 4.69) is 89.1 Å². The van der Waals surface area contributed by atoms with Crippen molar-refractivity contribution in [2.75, 3.05) is 65.9 Å². The Bertz CT molecular complexity index is 1800. The number of nitrogens with two attached hydrogens (primary N) is 1. The van der Waals surface area contributed by atoms with Gasteiger partial charge in [-0.25, -0.2) is 0 Å². The number of carbonyl (C=O) groups is 2. The van der Waals surface area contributed by atoms with Gasteiger partial charge in [-0.2, -0.15) is 0 Å². The van der Waals surface area contributed by atoms with E-state index in [1.165, 1.54) is 147 Å². The predicted molar refractivity (Wildman–Crippen MR) is 317 cm³/mol. The highest BCUT2D eigenvalue weighted by atomic mass is 16.6. The van der Waals surface area contributed by atoms with Crippen LogP contribution in [0.5, 0.6) is 0 Å². The molecule has 0 bridgehead atoms. The molecule has 1 aliphatic heterocycles. The van der Waals surface area contributed by atoms with Crippen molar-refractivity contribution in [3.63, 3.8) is 0 Å². The van der Waals surface area contributed by atoms with Crippen molar-refractivity contribution in [1.82, 2.24) is 10.2 Å². The van der Waals surface area contributed by atoms with Crippen molar-refractivity contribution >= 4 is 11.9 Å². The van der Waals surface area contributed by atoms with Crippen LogP contribution < -0.4 is 11.1 Å². The van der Waals surface area contributed by atoms with Gasteiger partial charge in [0.25, 0.3) is 0 Å². The fourth-order valence-electron chi connectivity index (χ4n) is 16.4. The molecule has 0 aromatic rings. The molecule has 5 fully saturated rings. The zero-order chi connectivity index (χ0) is 55.0. The number of nitrogens with zero attached hydrogens (tertiary/aromatic N) is 1. The van der Waals surface area contributed by atoms with Crippen molar-refractivity contribution in [1.29, 1.82) is 0 Å². The number of unbranched alkanes of at least 4 members (excludes halogenated alkanes) is 9. The van der Waals surface area contributed by atoms with Crippen molar-refractivity contribution in [3.05, 3.63) is 36.0 Å². The van der Waals surface area contributed by atoms with Gasteiger partial charge < -0.3 is 34.7 Å². The number of fused-ring (bicyclic) bond motifs is 5. The van der Waals surface area contributed by atoms with Crippen LogP contribution in [0.1, 0.15) is 241 Å². The molecular formula is C67H117N3O7. The summed E-state index contributed by atoms with van der Waals surface area (Å²) in [4.78, 5) is 28.4. The van der Waals surface area contributed by atoms with Gasteiger partial charge in [-0.1, -0.05) is 142 Å². The molecular weight excluding hydrogens is 959 g/mol. The average Bonchev–Trinajstić information content (AvgIpc) is 4.00. The number of esters is 1. The smallest absolute Gasteiger partial charge is 0.306 e. The van der Waals surface area contributed by atoms with Crippen LogP contribution >= 0.6 is 0 Å². The molecule has 10 unspecified atom stereocenters. The molecule has 10 atom stereocenters. The summed E-state index contributed by atoms with van der Waals surface area (Å²) in [6, 6.07) is 0.591. The third-order valence-electron chi connectivity index (χ3n) is 20.9. The Kier molecular flexibility index (Phi) is 27.6. The summed E-state index contributed by atoms with van der Waals surface area (Å²) < 4.78 is 30.2. The molecule has 0 spiro atoms. The number of hydrogen-bond donors (Lipinski definition) is 2. The van der Waals surface area contributed by atoms with E-state index in [0.717, 1.165) is 81.9 Å². The molecule has 77 heavy (non-hydrogen) atoms. The van der Waals surface area contributed by atoms with Crippen molar-refractivity contribution < 1.29 is 33.3 Å². The van der Waals surface area contributed by atoms with E-state index in [1.807, 2.05) is 0 Å². The first-order valence-electron chi connectivity index (χ1n) is 32.6. The topological polar surface area (TPSA) is 122 Å². The standard InChI is InChI=1S/C67H117N3O7/c1-8-9-10-11-12-13-14-15-16-17-18-19-20-21-22-23-44-75-52-59(51-70-43-26-29-55(70)5)76-49-48-74-47-46-73-45-42-69-62(71)32-33-63(72)77-58-35-38-64(6)57(50-58)34-41-67(68)61(64)37-39-65(7)60(54(4)28-24-27-53(2)3)36-40-66(65,67)56-30-25-31-56/h12-13,15-16,34,53-56,58-61H,8-11,14,17-33,35-52,68H2,1-7H3,(H,69,71). The van der Waals surface area contributed by atoms with Crippen molar-refractivity contribution in [2.24, 2.45) is 51.6 Å². The molecule has 6 aliphatic rings. The molecule has 4 saturated carbocycles. The minimum absolute atomic E-state index is 0.0349. The van der Waals surface area contributed by atoms with E-state index >= 15 is 0 Å². The zero-order valence-electron chi connectivity index (χ0n) is 50.7. The van der Waals surface area contributed by atoms with E-state index in [0.29, 0.717) is 63.6 Å². The van der Waals surface area contributed by atoms with Crippen LogP contribution in [0.25, 0.3) is 0 Å². The maximum atomic E-state index is 13.2. The van der Waals surface area contributed by atoms with E-state index in [-0.39, 0.29) is 53.3 Å². The predicted octanol–water partition coefficient (Wildman–Crippen LogP) is 14.8. The zero-order valence-corrected chi connectivity index (χ0v) is 50.7. The van der Waals surface area contributed by atoms with Crippen LogP contribution in [0.15, 0.2) is 36.0 Å². The Labute approximate surface area is 471 Å². The van der Waals surface area contributed by atoms with Crippen LogP contribution in [-0.4, -0.2) is 106 Å². The molecule has 0 radical (unpaired) electrons. The summed E-state index contributed by atoms with van der Waals surface area (Å²) in [5.41, 5.74) is 9.96. The summed E-state index contributed by atoms with van der Waals surface area (Å²) >= 11 is 0. The fraction of sp³-hybridized carbons (Fsp3) is 0.881. The Morgan fingerprint density at radius 3 is 2.21 bits per heavy atom. The Morgan fingerprint density at radius 1 is 0.766 bits per heavy atom. The Balaban J connectivity index is 0.794. The lowest BCUT2D eigenvalue weighted by Crippen LogP contribution is -2.74. The second kappa shape index (κ2) is 33.1. The number of carbonyl (C=O) groups excluding carboxylic acids is 2. The summed E-state index contributed by atoms with van der Waals surface area (Å²) in [6.45, 7) is 23.2. The number of amides is 1. The summed E-state index contributed by atoms with van der Waals surface area (Å²) in [7, 11) is 0. The van der Waals surface area contributed by atoms with Crippen LogP contribution in [0.2, 0.25) is 0 Å². The quantitative estimate of drug-likeness (QED) is 0.0352. The van der Waals surface area contributed by atoms with Gasteiger partial charge in [0.15, 0.2) is 0 Å². The Morgan fingerprint density at radius 2 is 1.49 bits per heavy atom. The SMILES string of the molecule is CCCCCC=CCC=CCCCCCCCCOCC(CN1CCCC1C)OCCOCCOCCNC(=O)CCC(=O)OC1CCC2(C)C(=CCC3(N)C2CCC2(C)C(C(C)CCCC(C)C)CCC23C2CCC2)C1. The van der Waals surface area contributed by atoms with Crippen LogP contribution in [-0.2, 0) is 33.3 Å². The van der Waals surface area contributed by atoms with Crippen LogP contribution in [0.3, 0.4) is 0 Å². The van der Waals surface area contributed by atoms with Gasteiger partial charge >= 0.3 is 5.97 Å². The lowest BCUT2D eigenvalue weighted by molar-refractivity contribution is -0.184. The summed E-state index contributed by atoms with van der Waals surface area (Å²) in [5, 5.41) is 2.91. The molecule has 442 valence electrons. The number of allylic oxidation sites excluding steroid dienone is 4. The number of rotatable bonds is 39. The van der Waals surface area contributed by atoms with E-state index in [9.17, 15) is 9.59 Å². The maximum Gasteiger partial charge on any atom is 0.306 e. The van der Waals surface area contributed by atoms with Gasteiger partial charge in [0.1, 0.15) is 6.10 Å². The molecule has 1 amide bonds. The van der Waals surface area contributed by atoms with Crippen LogP contribution in [0.4, 0.5) is 0 Å². The van der Waals surface area contributed by atoms with E-state index in [4.69, 9.17) is 29.4 Å². The maximum absolute atomic E-state index is 13.2. The lowest BCUT2D eigenvalue weighted by atomic mass is 9.35. The minimum atomic E-state index is -0.278. The van der Waals surface area contributed by atoms with E-state index in [1.54, 1.807) is 0 Å². The second-order valence-electron chi connectivity index (χ2n) is 26.5. The second-order valence-corrected chi connectivity index (χ2v) is 26.5. The van der Waals surface area contributed by atoms with Gasteiger partial charge in [-0.05, 0) is 168 Å². The first-order valence-corrected chi connectivity index (χ1v) is 32.6. The van der Waals surface area contributed by atoms with E-state index < -0.39 is 0 Å². The molecule has 0 aromatic carbocycles. The van der Waals surface area contributed by atoms with Gasteiger partial charge in [-0.15, -0.1) is 0 Å². The number of hydrogen-bond acceptors (Lipinski definition) is 9. The number of likely N-dealkylation sites (tertiary alicyclic amines) is 1. The van der Waals surface area contributed by atoms with Gasteiger partial charge in [0.05, 0.1) is 52.2 Å². The first kappa shape index (κ1) is 64.1. The lowest BCUT2D eigenvalue weighted by Gasteiger charge is -2.71. The Hall–Kier alpha value is -2.08. The van der Waals surface area contributed by atoms with Crippen molar-refractivity contribution in [2.45, 2.75) is 265 Å². The molecule has 0 aromatic heterocycles. The largest absolute Gasteiger partial charge is 0.462 e. The highest BCUT2D eigenvalue weighted by Crippen LogP contribution is 2.77. The molecule has 3 N–H and O–H groups in total. The summed E-state index contributed by atoms with van der Waals surface area (Å²) in [6.07, 6.45) is 46.3. The normalized spacial score (nSPS) is 30.3. The number of ether oxygens (including phenoxy) is 5. The molecule has 1 heterocycles. The van der Waals surface area contributed by atoms with Crippen LogP contribution in [0, 0.1) is 45.8 Å². The minimum Gasteiger partial charge on any atom is -0.462 e. The molecule has 10 heteroatoms. The number of nitrogens with one attached hydrogen (secondary N) is 1. The van der Waals surface area contributed by atoms with Gasteiger partial charge in [-0.3, -0.25) is 14.5 Å². The highest BCUT2D eigenvalue weighted by Gasteiger charge is 2.74. The molecule has 1 saturated heterocycles. The fourth-order valence-corrected chi connectivity index (χ4v) is 16.4. The molecule has 5 aliphatic carbocycles. The third kappa shape index (κ3) is 18.0. The highest BCUT2D eigenvalue weighted by molar-refractivity contribution is 5.81. The molecule has 10 nitrogen and oxygen atoms in total. The first-order chi connectivity index (χ1) is 37.3. The summed E-state index contributed by atoms with van der Waals surface area (Å²) in [5.74, 6) is 3.08. The monoisotopic (exact) mass is 1080 g/mol. The van der Waals surface area contributed by atoms with Gasteiger partial charge in [0, 0.05) is 44.1 Å². The average molecular weight is 1080 g/mol. The molecule has 6 rings (SSSR count).